The number of methoxy groups -OCH3 is 1. The molecule has 0 saturated carbocycles. The summed E-state index contributed by atoms with van der Waals surface area (Å²) in [4.78, 5) is 13.5. The first-order chi connectivity index (χ1) is 11.8. The Bertz CT molecular complexity index is 609. The quantitative estimate of drug-likeness (QED) is 0.816. The monoisotopic (exact) mass is 326 g/mol. The number of ether oxygens (including phenoxy) is 1. The summed E-state index contributed by atoms with van der Waals surface area (Å²) in [5, 5.41) is 0. The second-order valence-corrected chi connectivity index (χ2v) is 6.31. The molecule has 1 fully saturated rings. The Morgan fingerprint density at radius 2 is 1.71 bits per heavy atom. The Morgan fingerprint density at radius 3 is 2.33 bits per heavy atom. The first-order valence-corrected chi connectivity index (χ1v) is 8.65. The van der Waals surface area contributed by atoms with Crippen molar-refractivity contribution in [1.82, 2.24) is 14.9 Å². The fourth-order valence-electron chi connectivity index (χ4n) is 3.17. The number of anilines is 1. The normalized spacial score (nSPS) is 16.8. The van der Waals surface area contributed by atoms with Gasteiger partial charge in [0.25, 0.3) is 0 Å². The van der Waals surface area contributed by atoms with Crippen molar-refractivity contribution in [3.8, 4) is 5.75 Å². The maximum atomic E-state index is 5.21. The minimum atomic E-state index is 0.589. The predicted molar refractivity (Wildman–Crippen MR) is 96.6 cm³/mol. The Balaban J connectivity index is 1.45. The first-order valence-electron chi connectivity index (χ1n) is 8.65. The highest BCUT2D eigenvalue weighted by Crippen LogP contribution is 2.17. The zero-order valence-corrected chi connectivity index (χ0v) is 14.6. The Hall–Kier alpha value is -2.14. The van der Waals surface area contributed by atoms with Gasteiger partial charge in [0.2, 0.25) is 5.95 Å². The number of hydrogen-bond donors (Lipinski definition) is 0. The Labute approximate surface area is 144 Å². The van der Waals surface area contributed by atoms with Crippen LogP contribution in [0.2, 0.25) is 0 Å². The lowest BCUT2D eigenvalue weighted by Crippen LogP contribution is -2.50. The summed E-state index contributed by atoms with van der Waals surface area (Å²) in [5.74, 6) is 1.77. The van der Waals surface area contributed by atoms with Crippen molar-refractivity contribution < 1.29 is 4.74 Å². The molecule has 5 nitrogen and oxygen atoms in total. The van der Waals surface area contributed by atoms with E-state index in [0.717, 1.165) is 44.3 Å². The van der Waals surface area contributed by atoms with Gasteiger partial charge in [-0.1, -0.05) is 12.1 Å². The van der Waals surface area contributed by atoms with Crippen molar-refractivity contribution in [3.05, 3.63) is 48.3 Å². The first kappa shape index (κ1) is 16.7. The molecule has 128 valence electrons. The van der Waals surface area contributed by atoms with E-state index in [1.165, 1.54) is 12.0 Å². The van der Waals surface area contributed by atoms with Crippen molar-refractivity contribution in [2.24, 2.45) is 0 Å². The molecule has 1 aliphatic heterocycles. The zero-order chi connectivity index (χ0) is 16.8. The molecule has 0 aliphatic carbocycles. The SMILES string of the molecule is COc1ccc(CCC(C)N2CCN(c3ncccn3)CC2)cc1. The van der Waals surface area contributed by atoms with Gasteiger partial charge in [0.1, 0.15) is 5.75 Å². The van der Waals surface area contributed by atoms with Gasteiger partial charge < -0.3 is 9.64 Å². The molecule has 1 saturated heterocycles. The minimum Gasteiger partial charge on any atom is -0.497 e. The van der Waals surface area contributed by atoms with Crippen LogP contribution in [0.1, 0.15) is 18.9 Å². The molecule has 3 rings (SSSR count). The third-order valence-corrected chi connectivity index (χ3v) is 4.78. The van der Waals surface area contributed by atoms with E-state index in [9.17, 15) is 0 Å². The van der Waals surface area contributed by atoms with Crippen LogP contribution in [-0.2, 0) is 6.42 Å². The second-order valence-electron chi connectivity index (χ2n) is 6.31. The third kappa shape index (κ3) is 4.23. The molecule has 1 atom stereocenters. The van der Waals surface area contributed by atoms with Crippen LogP contribution >= 0.6 is 0 Å². The van der Waals surface area contributed by atoms with Gasteiger partial charge in [-0.3, -0.25) is 4.90 Å². The summed E-state index contributed by atoms with van der Waals surface area (Å²) < 4.78 is 5.21. The lowest BCUT2D eigenvalue weighted by molar-refractivity contribution is 0.188. The van der Waals surface area contributed by atoms with E-state index in [-0.39, 0.29) is 0 Å². The Kier molecular flexibility index (Phi) is 5.64. The molecular formula is C19H26N4O. The number of aryl methyl sites for hydroxylation is 1. The fraction of sp³-hybridized carbons (Fsp3) is 0.474. The van der Waals surface area contributed by atoms with Crippen LogP contribution in [0.25, 0.3) is 0 Å². The highest BCUT2D eigenvalue weighted by molar-refractivity contribution is 5.29. The lowest BCUT2D eigenvalue weighted by atomic mass is 10.0. The number of nitrogens with zero attached hydrogens (tertiary/aromatic N) is 4. The minimum absolute atomic E-state index is 0.589. The van der Waals surface area contributed by atoms with Crippen molar-refractivity contribution in [3.63, 3.8) is 0 Å². The average Bonchev–Trinajstić information content (AvgIpc) is 2.67. The van der Waals surface area contributed by atoms with E-state index in [2.05, 4.69) is 38.8 Å². The number of piperazine rings is 1. The highest BCUT2D eigenvalue weighted by Gasteiger charge is 2.22. The van der Waals surface area contributed by atoms with Crippen LogP contribution in [0, 0.1) is 0 Å². The standard InChI is InChI=1S/C19H26N4O/c1-16(4-5-17-6-8-18(24-2)9-7-17)22-12-14-23(15-13-22)19-20-10-3-11-21-19/h3,6-11,16H,4-5,12-15H2,1-2H3. The van der Waals surface area contributed by atoms with Gasteiger partial charge in [0.05, 0.1) is 7.11 Å². The highest BCUT2D eigenvalue weighted by atomic mass is 16.5. The molecule has 1 aromatic carbocycles. The van der Waals surface area contributed by atoms with Gasteiger partial charge in [-0.15, -0.1) is 0 Å². The molecule has 1 unspecified atom stereocenters. The largest absolute Gasteiger partial charge is 0.497 e. The van der Waals surface area contributed by atoms with Gasteiger partial charge in [-0.05, 0) is 43.5 Å². The van der Waals surface area contributed by atoms with E-state index in [4.69, 9.17) is 4.74 Å². The molecule has 24 heavy (non-hydrogen) atoms. The summed E-state index contributed by atoms with van der Waals surface area (Å²) in [7, 11) is 1.71. The van der Waals surface area contributed by atoms with E-state index in [1.807, 2.05) is 30.6 Å². The number of rotatable bonds is 6. The molecule has 0 amide bonds. The van der Waals surface area contributed by atoms with Crippen LogP contribution < -0.4 is 9.64 Å². The zero-order valence-electron chi connectivity index (χ0n) is 14.6. The Morgan fingerprint density at radius 1 is 1.04 bits per heavy atom. The topological polar surface area (TPSA) is 41.5 Å². The van der Waals surface area contributed by atoms with Crippen molar-refractivity contribution in [2.45, 2.75) is 25.8 Å². The van der Waals surface area contributed by atoms with Gasteiger partial charge >= 0.3 is 0 Å². The molecule has 0 radical (unpaired) electrons. The van der Waals surface area contributed by atoms with E-state index < -0.39 is 0 Å². The fourth-order valence-corrected chi connectivity index (χ4v) is 3.17. The van der Waals surface area contributed by atoms with E-state index in [1.54, 1.807) is 7.11 Å². The number of benzene rings is 1. The maximum Gasteiger partial charge on any atom is 0.225 e. The predicted octanol–water partition coefficient (Wildman–Crippen LogP) is 2.63. The van der Waals surface area contributed by atoms with Crippen molar-refractivity contribution in [2.75, 3.05) is 38.2 Å². The molecule has 2 heterocycles. The van der Waals surface area contributed by atoms with Gasteiger partial charge in [-0.25, -0.2) is 9.97 Å². The van der Waals surface area contributed by atoms with Crippen LogP contribution in [0.5, 0.6) is 5.75 Å². The molecule has 1 aliphatic rings. The van der Waals surface area contributed by atoms with Gasteiger partial charge in [0.15, 0.2) is 0 Å². The molecule has 0 bridgehead atoms. The third-order valence-electron chi connectivity index (χ3n) is 4.78. The average molecular weight is 326 g/mol. The summed E-state index contributed by atoms with van der Waals surface area (Å²) in [6.45, 7) is 6.47. The van der Waals surface area contributed by atoms with E-state index in [0.29, 0.717) is 6.04 Å². The lowest BCUT2D eigenvalue weighted by Gasteiger charge is -2.38. The number of aromatic nitrogens is 2. The van der Waals surface area contributed by atoms with Crippen LogP contribution in [0.3, 0.4) is 0 Å². The summed E-state index contributed by atoms with van der Waals surface area (Å²) in [5.41, 5.74) is 1.37. The summed E-state index contributed by atoms with van der Waals surface area (Å²) in [6.07, 6.45) is 5.90. The molecular weight excluding hydrogens is 300 g/mol. The molecule has 0 N–H and O–H groups in total. The molecule has 2 aromatic rings. The van der Waals surface area contributed by atoms with Crippen LogP contribution in [-0.4, -0.2) is 54.2 Å². The molecule has 5 heteroatoms. The van der Waals surface area contributed by atoms with Crippen LogP contribution in [0.15, 0.2) is 42.7 Å². The molecule has 1 aromatic heterocycles. The van der Waals surface area contributed by atoms with Crippen molar-refractivity contribution >= 4 is 5.95 Å². The van der Waals surface area contributed by atoms with Crippen LogP contribution in [0.4, 0.5) is 5.95 Å². The maximum absolute atomic E-state index is 5.21. The summed E-state index contributed by atoms with van der Waals surface area (Å²) >= 11 is 0. The van der Waals surface area contributed by atoms with E-state index >= 15 is 0 Å². The smallest absolute Gasteiger partial charge is 0.225 e. The van der Waals surface area contributed by atoms with Gasteiger partial charge in [-0.2, -0.15) is 0 Å². The summed E-state index contributed by atoms with van der Waals surface area (Å²) in [6, 6.07) is 10.9. The van der Waals surface area contributed by atoms with Gasteiger partial charge in [0, 0.05) is 44.6 Å². The molecule has 0 spiro atoms. The number of hydrogen-bond acceptors (Lipinski definition) is 5. The second kappa shape index (κ2) is 8.11. The van der Waals surface area contributed by atoms with Crippen molar-refractivity contribution in [1.29, 1.82) is 0 Å².